The highest BCUT2D eigenvalue weighted by Gasteiger charge is 2.03. The van der Waals surface area contributed by atoms with Gasteiger partial charge in [-0.15, -0.1) is 0 Å². The Morgan fingerprint density at radius 3 is 2.90 bits per heavy atom. The number of rotatable bonds is 0. The zero-order valence-electron chi connectivity index (χ0n) is 5.04. The summed E-state index contributed by atoms with van der Waals surface area (Å²) in [5.74, 6) is 0. The number of nitrogens with zero attached hydrogens (tertiary/aromatic N) is 1. The van der Waals surface area contributed by atoms with E-state index < -0.39 is 6.01 Å². The third-order valence-electron chi connectivity index (χ3n) is 1.34. The summed E-state index contributed by atoms with van der Waals surface area (Å²) < 4.78 is 16.8. The first kappa shape index (κ1) is 5.41. The van der Waals surface area contributed by atoms with Crippen LogP contribution in [0.2, 0.25) is 0 Å². The molecule has 0 saturated heterocycles. The van der Waals surface area contributed by atoms with Crippen LogP contribution >= 0.6 is 0 Å². The maximum Gasteiger partial charge on any atom is 0.313 e. The molecule has 0 amide bonds. The molecule has 2 nitrogen and oxygen atoms in total. The fourth-order valence-corrected chi connectivity index (χ4v) is 0.858. The van der Waals surface area contributed by atoms with Crippen molar-refractivity contribution in [1.82, 2.24) is 5.16 Å². The molecule has 0 bridgehead atoms. The summed E-state index contributed by atoms with van der Waals surface area (Å²) in [6.07, 6.45) is 0. The van der Waals surface area contributed by atoms with E-state index in [4.69, 9.17) is 0 Å². The van der Waals surface area contributed by atoms with Crippen molar-refractivity contribution >= 4 is 10.9 Å². The molecular weight excluding hydrogens is 133 g/mol. The van der Waals surface area contributed by atoms with E-state index in [0.717, 1.165) is 0 Å². The van der Waals surface area contributed by atoms with Crippen molar-refractivity contribution in [2.45, 2.75) is 0 Å². The standard InChI is InChI=1S/C7H4FNO/c8-7-5-3-1-2-4-6(5)9-10-7/h1-4H. The van der Waals surface area contributed by atoms with E-state index in [1.54, 1.807) is 24.3 Å². The Kier molecular flexibility index (Phi) is 0.974. The van der Waals surface area contributed by atoms with E-state index in [2.05, 4.69) is 9.68 Å². The van der Waals surface area contributed by atoms with Crippen LogP contribution in [0.25, 0.3) is 10.9 Å². The number of benzene rings is 1. The molecule has 2 rings (SSSR count). The van der Waals surface area contributed by atoms with Crippen LogP contribution in [0.5, 0.6) is 0 Å². The minimum atomic E-state index is -0.615. The van der Waals surface area contributed by atoms with Crippen LogP contribution < -0.4 is 0 Å². The number of hydrogen-bond donors (Lipinski definition) is 0. The van der Waals surface area contributed by atoms with Crippen LogP contribution in [0.3, 0.4) is 0 Å². The van der Waals surface area contributed by atoms with Gasteiger partial charge >= 0.3 is 6.01 Å². The Morgan fingerprint density at radius 1 is 1.30 bits per heavy atom. The van der Waals surface area contributed by atoms with Gasteiger partial charge in [0.2, 0.25) is 0 Å². The summed E-state index contributed by atoms with van der Waals surface area (Å²) in [6, 6.07) is 6.23. The van der Waals surface area contributed by atoms with E-state index in [9.17, 15) is 4.39 Å². The quantitative estimate of drug-likeness (QED) is 0.554. The molecule has 1 heterocycles. The monoisotopic (exact) mass is 137 g/mol. The number of fused-ring (bicyclic) bond motifs is 1. The van der Waals surface area contributed by atoms with E-state index in [0.29, 0.717) is 10.9 Å². The van der Waals surface area contributed by atoms with Crippen molar-refractivity contribution in [3.05, 3.63) is 30.3 Å². The molecule has 0 aliphatic heterocycles. The third kappa shape index (κ3) is 0.603. The lowest BCUT2D eigenvalue weighted by Gasteiger charge is -1.79. The number of halogens is 1. The maximum absolute atomic E-state index is 12.5. The van der Waals surface area contributed by atoms with Crippen LogP contribution in [0.4, 0.5) is 4.39 Å². The molecule has 1 aromatic heterocycles. The Morgan fingerprint density at radius 2 is 2.10 bits per heavy atom. The van der Waals surface area contributed by atoms with Gasteiger partial charge in [-0.05, 0) is 12.1 Å². The maximum atomic E-state index is 12.5. The van der Waals surface area contributed by atoms with Crippen molar-refractivity contribution in [3.63, 3.8) is 0 Å². The van der Waals surface area contributed by atoms with E-state index in [-0.39, 0.29) is 0 Å². The van der Waals surface area contributed by atoms with Gasteiger partial charge in [0.05, 0.1) is 5.39 Å². The van der Waals surface area contributed by atoms with Gasteiger partial charge < -0.3 is 4.52 Å². The van der Waals surface area contributed by atoms with Crippen molar-refractivity contribution in [2.24, 2.45) is 0 Å². The molecule has 0 spiro atoms. The molecular formula is C7H4FNO. The van der Waals surface area contributed by atoms with Gasteiger partial charge in [-0.25, -0.2) is 0 Å². The van der Waals surface area contributed by atoms with Crippen molar-refractivity contribution in [1.29, 1.82) is 0 Å². The molecule has 2 aromatic rings. The summed E-state index contributed by atoms with van der Waals surface area (Å²) in [6.45, 7) is 0. The summed E-state index contributed by atoms with van der Waals surface area (Å²) >= 11 is 0. The van der Waals surface area contributed by atoms with Gasteiger partial charge in [-0.3, -0.25) is 0 Å². The SMILES string of the molecule is Fc1onc2ccccc12. The van der Waals surface area contributed by atoms with Crippen molar-refractivity contribution in [2.75, 3.05) is 0 Å². The minimum Gasteiger partial charge on any atom is -0.325 e. The molecule has 10 heavy (non-hydrogen) atoms. The minimum absolute atomic E-state index is 0.433. The molecule has 0 unspecified atom stereocenters. The average Bonchev–Trinajstić information content (AvgIpc) is 2.34. The van der Waals surface area contributed by atoms with E-state index in [1.807, 2.05) is 0 Å². The highest BCUT2D eigenvalue weighted by molar-refractivity contribution is 5.77. The normalized spacial score (nSPS) is 10.5. The van der Waals surface area contributed by atoms with Crippen LogP contribution in [-0.2, 0) is 0 Å². The van der Waals surface area contributed by atoms with Crippen LogP contribution in [-0.4, -0.2) is 5.16 Å². The van der Waals surface area contributed by atoms with E-state index >= 15 is 0 Å². The van der Waals surface area contributed by atoms with Crippen molar-refractivity contribution in [3.8, 4) is 0 Å². The lowest BCUT2D eigenvalue weighted by atomic mass is 10.3. The molecule has 0 aliphatic carbocycles. The van der Waals surface area contributed by atoms with Crippen LogP contribution in [0, 0.1) is 6.01 Å². The molecule has 1 aromatic carbocycles. The lowest BCUT2D eigenvalue weighted by Crippen LogP contribution is -1.65. The Bertz CT molecular complexity index is 355. The predicted molar refractivity (Wildman–Crippen MR) is 34.0 cm³/mol. The van der Waals surface area contributed by atoms with Gasteiger partial charge in [-0.2, -0.15) is 4.39 Å². The van der Waals surface area contributed by atoms with Gasteiger partial charge in [0, 0.05) is 0 Å². The molecule has 0 saturated carbocycles. The van der Waals surface area contributed by atoms with E-state index in [1.165, 1.54) is 0 Å². The molecule has 50 valence electrons. The predicted octanol–water partition coefficient (Wildman–Crippen LogP) is 1.97. The van der Waals surface area contributed by atoms with Crippen LogP contribution in [0.15, 0.2) is 28.8 Å². The van der Waals surface area contributed by atoms with Gasteiger partial charge in [-0.1, -0.05) is 17.3 Å². The second kappa shape index (κ2) is 1.80. The van der Waals surface area contributed by atoms with Gasteiger partial charge in [0.1, 0.15) is 5.52 Å². The first-order valence-corrected chi connectivity index (χ1v) is 2.88. The Balaban J connectivity index is 2.93. The fraction of sp³-hybridized carbons (Fsp3) is 0. The molecule has 0 radical (unpaired) electrons. The fourth-order valence-electron chi connectivity index (χ4n) is 0.858. The largest absolute Gasteiger partial charge is 0.325 e. The first-order valence-electron chi connectivity index (χ1n) is 2.88. The highest BCUT2D eigenvalue weighted by Crippen LogP contribution is 2.14. The molecule has 3 heteroatoms. The smallest absolute Gasteiger partial charge is 0.313 e. The van der Waals surface area contributed by atoms with Crippen LogP contribution in [0.1, 0.15) is 0 Å². The Hall–Kier alpha value is -1.38. The average molecular weight is 137 g/mol. The summed E-state index contributed by atoms with van der Waals surface area (Å²) in [5.41, 5.74) is 0.556. The third-order valence-corrected chi connectivity index (χ3v) is 1.34. The Labute approximate surface area is 56.2 Å². The second-order valence-electron chi connectivity index (χ2n) is 1.97. The molecule has 0 N–H and O–H groups in total. The highest BCUT2D eigenvalue weighted by atomic mass is 19.1. The van der Waals surface area contributed by atoms with Crippen molar-refractivity contribution < 1.29 is 8.91 Å². The summed E-state index contributed by atoms with van der Waals surface area (Å²) in [7, 11) is 0. The second-order valence-corrected chi connectivity index (χ2v) is 1.97. The lowest BCUT2D eigenvalue weighted by molar-refractivity contribution is 0.289. The van der Waals surface area contributed by atoms with Gasteiger partial charge in [0.25, 0.3) is 0 Å². The molecule has 0 atom stereocenters. The number of aromatic nitrogens is 1. The van der Waals surface area contributed by atoms with Gasteiger partial charge in [0.15, 0.2) is 0 Å². The summed E-state index contributed by atoms with van der Waals surface area (Å²) in [4.78, 5) is 0. The molecule has 0 fully saturated rings. The summed E-state index contributed by atoms with van der Waals surface area (Å²) in [5, 5.41) is 3.90. The number of hydrogen-bond acceptors (Lipinski definition) is 2. The zero-order valence-corrected chi connectivity index (χ0v) is 5.04. The topological polar surface area (TPSA) is 26.0 Å². The first-order chi connectivity index (χ1) is 4.88. The zero-order chi connectivity index (χ0) is 6.97. The molecule has 0 aliphatic rings.